The largest absolute Gasteiger partial charge is 0.306 e. The van der Waals surface area contributed by atoms with Gasteiger partial charge in [0.05, 0.1) is 10.6 Å². The Morgan fingerprint density at radius 1 is 1.28 bits per heavy atom. The molecule has 0 aliphatic carbocycles. The molecule has 0 radical (unpaired) electrons. The minimum atomic E-state index is -0.359. The van der Waals surface area contributed by atoms with Gasteiger partial charge in [0.1, 0.15) is 5.82 Å². The van der Waals surface area contributed by atoms with Gasteiger partial charge in [0.25, 0.3) is 5.91 Å². The summed E-state index contributed by atoms with van der Waals surface area (Å²) in [5.74, 6) is -0.0405. The van der Waals surface area contributed by atoms with Crippen LogP contribution in [0.1, 0.15) is 10.4 Å². The number of halogens is 3. The van der Waals surface area contributed by atoms with Crippen molar-refractivity contribution in [3.8, 4) is 0 Å². The molecule has 2 rings (SSSR count). The van der Waals surface area contributed by atoms with Gasteiger partial charge in [-0.3, -0.25) is 4.79 Å². The molecule has 0 saturated heterocycles. The molecule has 1 N–H and O–H groups in total. The zero-order chi connectivity index (χ0) is 13.1. The van der Waals surface area contributed by atoms with Crippen molar-refractivity contribution >= 4 is 50.9 Å². The van der Waals surface area contributed by atoms with Gasteiger partial charge >= 0.3 is 0 Å². The van der Waals surface area contributed by atoms with Crippen LogP contribution < -0.4 is 5.32 Å². The lowest BCUT2D eigenvalue weighted by Gasteiger charge is -2.06. The summed E-state index contributed by atoms with van der Waals surface area (Å²) in [6.07, 6.45) is 1.45. The van der Waals surface area contributed by atoms with Crippen LogP contribution >= 0.6 is 39.1 Å². The Balaban J connectivity index is 2.22. The lowest BCUT2D eigenvalue weighted by Crippen LogP contribution is -2.13. The third-order valence-electron chi connectivity index (χ3n) is 2.04. The number of carbonyl (C=O) groups excluding carboxylic acids is 1. The highest BCUT2D eigenvalue weighted by Gasteiger charge is 2.11. The quantitative estimate of drug-likeness (QED) is 0.841. The van der Waals surface area contributed by atoms with Crippen LogP contribution in [-0.4, -0.2) is 15.9 Å². The summed E-state index contributed by atoms with van der Waals surface area (Å²) in [6, 6.07) is 6.53. The molecule has 1 heterocycles. The average molecular weight is 347 g/mol. The molecule has 0 aliphatic rings. The van der Waals surface area contributed by atoms with E-state index in [2.05, 4.69) is 31.2 Å². The van der Waals surface area contributed by atoms with Crippen molar-refractivity contribution in [1.82, 2.24) is 9.97 Å². The molecule has 4 nitrogen and oxygen atoms in total. The van der Waals surface area contributed by atoms with Gasteiger partial charge in [0.15, 0.2) is 0 Å². The first kappa shape index (κ1) is 13.3. The summed E-state index contributed by atoms with van der Waals surface area (Å²) >= 11 is 14.9. The summed E-state index contributed by atoms with van der Waals surface area (Å²) in [4.78, 5) is 19.5. The van der Waals surface area contributed by atoms with Crippen molar-refractivity contribution in [2.24, 2.45) is 0 Å². The zero-order valence-electron chi connectivity index (χ0n) is 8.82. The topological polar surface area (TPSA) is 54.9 Å². The molecule has 0 unspecified atom stereocenters. The van der Waals surface area contributed by atoms with E-state index in [1.165, 1.54) is 12.3 Å². The smallest absolute Gasteiger partial charge is 0.258 e. The van der Waals surface area contributed by atoms with Gasteiger partial charge in [0.2, 0.25) is 5.28 Å². The Morgan fingerprint density at radius 2 is 2.06 bits per heavy atom. The number of benzene rings is 1. The molecule has 1 aromatic heterocycles. The first-order valence-corrected chi connectivity index (χ1v) is 6.36. The number of carbonyl (C=O) groups is 1. The summed E-state index contributed by atoms with van der Waals surface area (Å²) in [6.45, 7) is 0. The summed E-state index contributed by atoms with van der Waals surface area (Å²) in [5.41, 5.74) is 0.356. The maximum Gasteiger partial charge on any atom is 0.258 e. The van der Waals surface area contributed by atoms with Gasteiger partial charge in [-0.2, -0.15) is 0 Å². The fourth-order valence-corrected chi connectivity index (χ4v) is 2.17. The highest BCUT2D eigenvalue weighted by Crippen LogP contribution is 2.22. The fourth-order valence-electron chi connectivity index (χ4n) is 1.26. The minimum absolute atomic E-state index is 0.0645. The van der Waals surface area contributed by atoms with E-state index in [-0.39, 0.29) is 11.2 Å². The van der Waals surface area contributed by atoms with E-state index in [9.17, 15) is 4.79 Å². The lowest BCUT2D eigenvalue weighted by molar-refractivity contribution is 0.102. The van der Waals surface area contributed by atoms with Gasteiger partial charge in [-0.15, -0.1) is 0 Å². The number of aromatic nitrogens is 2. The van der Waals surface area contributed by atoms with Gasteiger partial charge in [-0.05, 0) is 35.9 Å². The Bertz CT molecular complexity index is 607. The van der Waals surface area contributed by atoms with Crippen molar-refractivity contribution in [2.75, 3.05) is 5.32 Å². The Morgan fingerprint density at radius 3 is 2.72 bits per heavy atom. The van der Waals surface area contributed by atoms with E-state index in [1.807, 2.05) is 0 Å². The number of nitrogens with one attached hydrogen (secondary N) is 1. The zero-order valence-corrected chi connectivity index (χ0v) is 11.9. The van der Waals surface area contributed by atoms with Gasteiger partial charge in [0, 0.05) is 10.7 Å². The number of rotatable bonds is 2. The molecule has 0 fully saturated rings. The average Bonchev–Trinajstić information content (AvgIpc) is 2.28. The number of anilines is 1. The van der Waals surface area contributed by atoms with E-state index < -0.39 is 0 Å². The first-order valence-electron chi connectivity index (χ1n) is 4.81. The second kappa shape index (κ2) is 5.65. The number of hydrogen-bond donors (Lipinski definition) is 1. The van der Waals surface area contributed by atoms with E-state index >= 15 is 0 Å². The maximum atomic E-state index is 11.9. The minimum Gasteiger partial charge on any atom is -0.306 e. The van der Waals surface area contributed by atoms with Crippen LogP contribution in [-0.2, 0) is 0 Å². The number of nitrogens with zero attached hydrogens (tertiary/aromatic N) is 2. The molecule has 0 saturated carbocycles. The van der Waals surface area contributed by atoms with Crippen LogP contribution in [0.25, 0.3) is 0 Å². The van der Waals surface area contributed by atoms with E-state index in [0.29, 0.717) is 16.4 Å². The van der Waals surface area contributed by atoms with Gasteiger partial charge in [-0.25, -0.2) is 9.97 Å². The molecule has 0 spiro atoms. The molecule has 0 bridgehead atoms. The van der Waals surface area contributed by atoms with Gasteiger partial charge < -0.3 is 5.32 Å². The first-order chi connectivity index (χ1) is 8.56. The molecule has 1 amide bonds. The molecule has 2 aromatic rings. The highest BCUT2D eigenvalue weighted by molar-refractivity contribution is 9.10. The Labute approximate surface area is 121 Å². The Hall–Kier alpha value is -1.17. The molecule has 0 aliphatic heterocycles. The standard InChI is InChI=1S/C11H6BrCl2N3O/c12-6-1-2-7(8(13)5-6)10(18)16-9-3-4-15-11(14)17-9/h1-5H,(H,15,16,17,18). The van der Waals surface area contributed by atoms with Crippen LogP contribution in [0.15, 0.2) is 34.9 Å². The molecular weight excluding hydrogens is 341 g/mol. The van der Waals surface area contributed by atoms with E-state index in [0.717, 1.165) is 4.47 Å². The lowest BCUT2D eigenvalue weighted by atomic mass is 10.2. The van der Waals surface area contributed by atoms with Crippen LogP contribution in [0.2, 0.25) is 10.3 Å². The van der Waals surface area contributed by atoms with E-state index in [1.54, 1.807) is 18.2 Å². The second-order valence-corrected chi connectivity index (χ2v) is 4.95. The van der Waals surface area contributed by atoms with Crippen LogP contribution in [0, 0.1) is 0 Å². The van der Waals surface area contributed by atoms with Gasteiger partial charge in [-0.1, -0.05) is 27.5 Å². The number of amides is 1. The third-order valence-corrected chi connectivity index (χ3v) is 3.03. The van der Waals surface area contributed by atoms with E-state index in [4.69, 9.17) is 23.2 Å². The maximum absolute atomic E-state index is 11.9. The SMILES string of the molecule is O=C(Nc1ccnc(Cl)n1)c1ccc(Br)cc1Cl. The van der Waals surface area contributed by atoms with Crippen molar-refractivity contribution in [3.63, 3.8) is 0 Å². The van der Waals surface area contributed by atoms with Crippen LogP contribution in [0.5, 0.6) is 0 Å². The van der Waals surface area contributed by atoms with Crippen molar-refractivity contribution in [1.29, 1.82) is 0 Å². The predicted octanol–water partition coefficient (Wildman–Crippen LogP) is 3.80. The molecule has 7 heteroatoms. The number of hydrogen-bond acceptors (Lipinski definition) is 3. The van der Waals surface area contributed by atoms with Crippen molar-refractivity contribution in [3.05, 3.63) is 50.8 Å². The monoisotopic (exact) mass is 345 g/mol. The molecule has 18 heavy (non-hydrogen) atoms. The Kier molecular flexibility index (Phi) is 4.16. The molecule has 92 valence electrons. The molecular formula is C11H6BrCl2N3O. The summed E-state index contributed by atoms with van der Waals surface area (Å²) < 4.78 is 0.800. The highest BCUT2D eigenvalue weighted by atomic mass is 79.9. The van der Waals surface area contributed by atoms with Crippen LogP contribution in [0.3, 0.4) is 0 Å². The third kappa shape index (κ3) is 3.19. The summed E-state index contributed by atoms with van der Waals surface area (Å²) in [5, 5.41) is 3.00. The van der Waals surface area contributed by atoms with Crippen LogP contribution in [0.4, 0.5) is 5.82 Å². The summed E-state index contributed by atoms with van der Waals surface area (Å²) in [7, 11) is 0. The molecule has 0 atom stereocenters. The fraction of sp³-hybridized carbons (Fsp3) is 0. The second-order valence-electron chi connectivity index (χ2n) is 3.29. The predicted molar refractivity (Wildman–Crippen MR) is 74.1 cm³/mol. The van der Waals surface area contributed by atoms with Crippen molar-refractivity contribution < 1.29 is 4.79 Å². The molecule has 1 aromatic carbocycles. The normalized spacial score (nSPS) is 10.2. The van der Waals surface area contributed by atoms with Crippen molar-refractivity contribution in [2.45, 2.75) is 0 Å².